The Labute approximate surface area is 121 Å². The van der Waals surface area contributed by atoms with Crippen molar-refractivity contribution in [1.82, 2.24) is 0 Å². The molecule has 1 heterocycles. The second kappa shape index (κ2) is 5.20. The van der Waals surface area contributed by atoms with E-state index in [9.17, 15) is 0 Å². The van der Waals surface area contributed by atoms with Crippen molar-refractivity contribution in [3.05, 3.63) is 59.2 Å². The summed E-state index contributed by atoms with van der Waals surface area (Å²) < 4.78 is 5.35. The third-order valence-corrected chi connectivity index (χ3v) is 4.23. The average molecular weight is 267 g/mol. The van der Waals surface area contributed by atoms with Crippen molar-refractivity contribution in [1.29, 1.82) is 0 Å². The van der Waals surface area contributed by atoms with Crippen LogP contribution in [-0.2, 0) is 13.0 Å². The van der Waals surface area contributed by atoms with Gasteiger partial charge < -0.3 is 9.64 Å². The fourth-order valence-electron chi connectivity index (χ4n) is 3.05. The van der Waals surface area contributed by atoms with Gasteiger partial charge in [-0.1, -0.05) is 24.3 Å². The molecule has 104 valence electrons. The molecule has 1 unspecified atom stereocenters. The predicted molar refractivity (Wildman–Crippen MR) is 83.5 cm³/mol. The summed E-state index contributed by atoms with van der Waals surface area (Å²) in [5.41, 5.74) is 5.51. The highest BCUT2D eigenvalue weighted by molar-refractivity contribution is 5.56. The summed E-state index contributed by atoms with van der Waals surface area (Å²) in [6.45, 7) is 5.45. The molecule has 0 radical (unpaired) electrons. The minimum Gasteiger partial charge on any atom is -0.497 e. The molecular formula is C18H21NO. The second-order valence-electron chi connectivity index (χ2n) is 5.60. The van der Waals surface area contributed by atoms with Gasteiger partial charge in [0.05, 0.1) is 7.11 Å². The fourth-order valence-corrected chi connectivity index (χ4v) is 3.05. The number of rotatable bonds is 2. The number of ether oxygens (including phenoxy) is 1. The molecule has 0 amide bonds. The highest BCUT2D eigenvalue weighted by Crippen LogP contribution is 2.32. The molecule has 2 aromatic carbocycles. The van der Waals surface area contributed by atoms with E-state index in [1.807, 2.05) is 0 Å². The first-order chi connectivity index (χ1) is 9.69. The normalized spacial score (nSPS) is 17.8. The minimum atomic E-state index is 0.525. The number of fused-ring (bicyclic) bond motifs is 1. The minimum absolute atomic E-state index is 0.525. The van der Waals surface area contributed by atoms with Crippen molar-refractivity contribution < 1.29 is 4.74 Å². The standard InChI is InChI=1S/C18H21NO/c1-13-6-4-5-7-18(13)19-12-16-11-17(20-3)9-8-15(16)10-14(19)2/h4-9,11,14H,10,12H2,1-3H3. The van der Waals surface area contributed by atoms with Gasteiger partial charge >= 0.3 is 0 Å². The first-order valence-corrected chi connectivity index (χ1v) is 7.17. The fraction of sp³-hybridized carbons (Fsp3) is 0.333. The predicted octanol–water partition coefficient (Wildman–Crippen LogP) is 3.95. The molecule has 2 heteroatoms. The van der Waals surface area contributed by atoms with Gasteiger partial charge in [-0.3, -0.25) is 0 Å². The van der Waals surface area contributed by atoms with Crippen molar-refractivity contribution in [3.8, 4) is 5.75 Å². The molecule has 3 rings (SSSR count). The Kier molecular flexibility index (Phi) is 3.39. The highest BCUT2D eigenvalue weighted by atomic mass is 16.5. The SMILES string of the molecule is COc1ccc2c(c1)CN(c1ccccc1C)C(C)C2. The Balaban J connectivity index is 1.97. The molecule has 0 N–H and O–H groups in total. The molecule has 0 bridgehead atoms. The van der Waals surface area contributed by atoms with E-state index in [4.69, 9.17) is 4.74 Å². The first kappa shape index (κ1) is 13.0. The van der Waals surface area contributed by atoms with Crippen LogP contribution < -0.4 is 9.64 Å². The van der Waals surface area contributed by atoms with Crippen LogP contribution >= 0.6 is 0 Å². The zero-order valence-corrected chi connectivity index (χ0v) is 12.4. The van der Waals surface area contributed by atoms with Crippen molar-refractivity contribution in [2.75, 3.05) is 12.0 Å². The molecule has 0 fully saturated rings. The number of hydrogen-bond acceptors (Lipinski definition) is 2. The van der Waals surface area contributed by atoms with Crippen LogP contribution in [0.5, 0.6) is 5.75 Å². The van der Waals surface area contributed by atoms with E-state index in [1.165, 1.54) is 22.4 Å². The average Bonchev–Trinajstić information content (AvgIpc) is 2.47. The van der Waals surface area contributed by atoms with Gasteiger partial charge in [0.15, 0.2) is 0 Å². The van der Waals surface area contributed by atoms with Crippen LogP contribution in [-0.4, -0.2) is 13.2 Å². The molecule has 2 nitrogen and oxygen atoms in total. The Bertz CT molecular complexity index is 621. The van der Waals surface area contributed by atoms with Gasteiger partial charge in [0.25, 0.3) is 0 Å². The van der Waals surface area contributed by atoms with Gasteiger partial charge in [-0.2, -0.15) is 0 Å². The number of nitrogens with zero attached hydrogens (tertiary/aromatic N) is 1. The number of methoxy groups -OCH3 is 1. The van der Waals surface area contributed by atoms with E-state index in [1.54, 1.807) is 7.11 Å². The lowest BCUT2D eigenvalue weighted by Gasteiger charge is -2.37. The van der Waals surface area contributed by atoms with Crippen molar-refractivity contribution in [3.63, 3.8) is 0 Å². The van der Waals surface area contributed by atoms with E-state index in [-0.39, 0.29) is 0 Å². The summed E-state index contributed by atoms with van der Waals surface area (Å²) >= 11 is 0. The van der Waals surface area contributed by atoms with E-state index in [0.29, 0.717) is 6.04 Å². The second-order valence-corrected chi connectivity index (χ2v) is 5.60. The molecule has 0 aromatic heterocycles. The molecule has 1 aliphatic heterocycles. The maximum atomic E-state index is 5.35. The molecular weight excluding hydrogens is 246 g/mol. The third kappa shape index (κ3) is 2.26. The molecule has 1 atom stereocenters. The zero-order valence-electron chi connectivity index (χ0n) is 12.4. The van der Waals surface area contributed by atoms with Crippen LogP contribution in [0.3, 0.4) is 0 Å². The third-order valence-electron chi connectivity index (χ3n) is 4.23. The van der Waals surface area contributed by atoms with E-state index in [2.05, 4.69) is 61.2 Å². The molecule has 2 aromatic rings. The smallest absolute Gasteiger partial charge is 0.119 e. The summed E-state index contributed by atoms with van der Waals surface area (Å²) in [6.07, 6.45) is 1.09. The van der Waals surface area contributed by atoms with Gasteiger partial charge in [0, 0.05) is 18.3 Å². The zero-order chi connectivity index (χ0) is 14.1. The lowest BCUT2D eigenvalue weighted by Crippen LogP contribution is -2.38. The van der Waals surface area contributed by atoms with Gasteiger partial charge in [0.1, 0.15) is 5.75 Å². The van der Waals surface area contributed by atoms with E-state index < -0.39 is 0 Å². The topological polar surface area (TPSA) is 12.5 Å². The van der Waals surface area contributed by atoms with Gasteiger partial charge in [-0.25, -0.2) is 0 Å². The van der Waals surface area contributed by atoms with E-state index in [0.717, 1.165) is 18.7 Å². The number of aryl methyl sites for hydroxylation is 1. The molecule has 0 saturated carbocycles. The number of para-hydroxylation sites is 1. The molecule has 1 aliphatic rings. The lowest BCUT2D eigenvalue weighted by atomic mass is 9.93. The molecule has 0 saturated heterocycles. The summed E-state index contributed by atoms with van der Waals surface area (Å²) in [5, 5.41) is 0. The number of hydrogen-bond donors (Lipinski definition) is 0. The molecule has 20 heavy (non-hydrogen) atoms. The van der Waals surface area contributed by atoms with Crippen molar-refractivity contribution >= 4 is 5.69 Å². The lowest BCUT2D eigenvalue weighted by molar-refractivity contribution is 0.413. The number of anilines is 1. The van der Waals surface area contributed by atoms with Crippen LogP contribution in [0, 0.1) is 6.92 Å². The van der Waals surface area contributed by atoms with Crippen molar-refractivity contribution in [2.24, 2.45) is 0 Å². The molecule has 0 aliphatic carbocycles. The van der Waals surface area contributed by atoms with Crippen molar-refractivity contribution in [2.45, 2.75) is 32.9 Å². The Hall–Kier alpha value is -1.96. The van der Waals surface area contributed by atoms with Gasteiger partial charge in [0.2, 0.25) is 0 Å². The highest BCUT2D eigenvalue weighted by Gasteiger charge is 2.24. The van der Waals surface area contributed by atoms with Crippen LogP contribution in [0.4, 0.5) is 5.69 Å². The summed E-state index contributed by atoms with van der Waals surface area (Å²) in [4.78, 5) is 2.50. The first-order valence-electron chi connectivity index (χ1n) is 7.17. The largest absolute Gasteiger partial charge is 0.497 e. The summed E-state index contributed by atoms with van der Waals surface area (Å²) in [7, 11) is 1.73. The monoisotopic (exact) mass is 267 g/mol. The van der Waals surface area contributed by atoms with Crippen LogP contribution in [0.25, 0.3) is 0 Å². The quantitative estimate of drug-likeness (QED) is 0.816. The van der Waals surface area contributed by atoms with Crippen LogP contribution in [0.1, 0.15) is 23.6 Å². The Morgan fingerprint density at radius 1 is 1.10 bits per heavy atom. The Morgan fingerprint density at radius 2 is 1.90 bits per heavy atom. The van der Waals surface area contributed by atoms with Gasteiger partial charge in [-0.05, 0) is 55.2 Å². The summed E-state index contributed by atoms with van der Waals surface area (Å²) in [5.74, 6) is 0.947. The van der Waals surface area contributed by atoms with Crippen LogP contribution in [0.2, 0.25) is 0 Å². The van der Waals surface area contributed by atoms with E-state index >= 15 is 0 Å². The maximum absolute atomic E-state index is 5.35. The maximum Gasteiger partial charge on any atom is 0.119 e. The number of benzene rings is 2. The summed E-state index contributed by atoms with van der Waals surface area (Å²) in [6, 6.07) is 15.6. The Morgan fingerprint density at radius 3 is 2.65 bits per heavy atom. The van der Waals surface area contributed by atoms with Crippen LogP contribution in [0.15, 0.2) is 42.5 Å². The van der Waals surface area contributed by atoms with Gasteiger partial charge in [-0.15, -0.1) is 0 Å². The molecule has 0 spiro atoms.